The van der Waals surface area contributed by atoms with Crippen molar-refractivity contribution in [3.8, 4) is 23.0 Å². The number of nitrogens with zero attached hydrogens (tertiary/aromatic N) is 4. The monoisotopic (exact) mass is 669 g/mol. The lowest BCUT2D eigenvalue weighted by molar-refractivity contribution is 0.436. The van der Waals surface area contributed by atoms with E-state index in [1.807, 2.05) is 0 Å². The van der Waals surface area contributed by atoms with Crippen molar-refractivity contribution in [1.82, 2.24) is 19.1 Å². The maximum absolute atomic E-state index is 9.57. The molecule has 4 nitrogen and oxygen atoms in total. The van der Waals surface area contributed by atoms with Crippen molar-refractivity contribution >= 4 is 43.6 Å². The lowest BCUT2D eigenvalue weighted by Crippen LogP contribution is -2.13. The minimum Gasteiger partial charge on any atom is -0.294 e. The van der Waals surface area contributed by atoms with Crippen LogP contribution in [-0.4, -0.2) is 19.1 Å². The second-order valence-corrected chi connectivity index (χ2v) is 13.2. The van der Waals surface area contributed by atoms with E-state index in [0.717, 1.165) is 47.7 Å². The Hall–Kier alpha value is -5.22. The zero-order chi connectivity index (χ0) is 49.6. The van der Waals surface area contributed by atoms with Gasteiger partial charge in [-0.2, -0.15) is 4.98 Å². The van der Waals surface area contributed by atoms with E-state index < -0.39 is 103 Å². The van der Waals surface area contributed by atoms with Crippen molar-refractivity contribution in [2.45, 2.75) is 76.0 Å². The van der Waals surface area contributed by atoms with Crippen LogP contribution < -0.4 is 0 Å². The molecule has 0 spiro atoms. The Bertz CT molecular complexity index is 3210. The molecule has 2 fully saturated rings. The first kappa shape index (κ1) is 16.2. The summed E-state index contributed by atoms with van der Waals surface area (Å²) in [5, 5.41) is -1.05. The van der Waals surface area contributed by atoms with Gasteiger partial charge in [0, 0.05) is 33.2 Å². The fourth-order valence-electron chi connectivity index (χ4n) is 8.14. The fourth-order valence-corrected chi connectivity index (χ4v) is 8.14. The molecule has 0 radical (unpaired) electrons. The van der Waals surface area contributed by atoms with E-state index in [9.17, 15) is 9.60 Å². The van der Waals surface area contributed by atoms with E-state index in [2.05, 4.69) is 0 Å². The molecule has 8 aromatic rings. The van der Waals surface area contributed by atoms with Crippen LogP contribution in [0.3, 0.4) is 0 Å². The van der Waals surface area contributed by atoms with Crippen molar-refractivity contribution in [2.24, 2.45) is 0 Å². The quantitative estimate of drug-likeness (QED) is 0.183. The summed E-state index contributed by atoms with van der Waals surface area (Å²) in [7, 11) is 0. The number of fused-ring (bicyclic) bond motifs is 6. The molecule has 0 N–H and O–H groups in total. The summed E-state index contributed by atoms with van der Waals surface area (Å²) in [6.07, 6.45) is 7.71. The largest absolute Gasteiger partial charge is 0.294 e. The van der Waals surface area contributed by atoms with Gasteiger partial charge in [0.15, 0.2) is 0 Å². The molecule has 0 unspecified atom stereocenters. The van der Waals surface area contributed by atoms with Crippen molar-refractivity contribution in [3.63, 3.8) is 0 Å². The van der Waals surface area contributed by atoms with Crippen molar-refractivity contribution in [3.05, 3.63) is 132 Å². The first-order chi connectivity index (χ1) is 32.7. The van der Waals surface area contributed by atoms with Crippen LogP contribution >= 0.6 is 0 Å². The van der Waals surface area contributed by atoms with E-state index in [-0.39, 0.29) is 85.1 Å². The summed E-state index contributed by atoms with van der Waals surface area (Å²) >= 11 is 0. The number of hydrogen-bond acceptors (Lipinski definition) is 2. The summed E-state index contributed by atoms with van der Waals surface area (Å²) in [6.45, 7) is 0. The molecule has 0 saturated heterocycles. The highest BCUT2D eigenvalue weighted by Gasteiger charge is 2.28. The predicted octanol–water partition coefficient (Wildman–Crippen LogP) is 12.4. The van der Waals surface area contributed by atoms with Gasteiger partial charge in [-0.05, 0) is 72.8 Å². The van der Waals surface area contributed by atoms with Crippen LogP contribution in [0, 0.1) is 0 Å². The number of hydrogen-bond donors (Lipinski definition) is 0. The van der Waals surface area contributed by atoms with E-state index in [0.29, 0.717) is 42.4 Å². The Kier molecular flexibility index (Phi) is 3.98. The molecule has 2 aliphatic carbocycles. The first-order valence-electron chi connectivity index (χ1n) is 26.8. The summed E-state index contributed by atoms with van der Waals surface area (Å²) in [5.41, 5.74) is -0.0255. The fraction of sp³-hybridized carbons (Fsp3) is 0.261. The van der Waals surface area contributed by atoms with Gasteiger partial charge in [-0.15, -0.1) is 0 Å². The van der Waals surface area contributed by atoms with Crippen LogP contribution in [0.2, 0.25) is 0 Å². The molecule has 50 heavy (non-hydrogen) atoms. The van der Waals surface area contributed by atoms with Gasteiger partial charge in [0.2, 0.25) is 5.95 Å². The number of rotatable bonds is 5. The van der Waals surface area contributed by atoms with Gasteiger partial charge < -0.3 is 0 Å². The van der Waals surface area contributed by atoms with Crippen molar-refractivity contribution in [1.29, 1.82) is 0 Å². The topological polar surface area (TPSA) is 35.6 Å². The lowest BCUT2D eigenvalue weighted by Gasteiger charge is -2.30. The lowest BCUT2D eigenvalue weighted by atomic mass is 9.76. The van der Waals surface area contributed by atoms with Crippen LogP contribution in [0.5, 0.6) is 0 Å². The molecular weight excluding hydrogens is 609 g/mol. The average Bonchev–Trinajstić information content (AvgIpc) is 3.91. The number of aromatic nitrogens is 4. The molecule has 10 rings (SSSR count). The van der Waals surface area contributed by atoms with E-state index >= 15 is 0 Å². The zero-order valence-corrected chi connectivity index (χ0v) is 27.1. The summed E-state index contributed by atoms with van der Waals surface area (Å²) in [4.78, 5) is 10.1. The number of benzene rings is 5. The summed E-state index contributed by atoms with van der Waals surface area (Å²) < 4.78 is 174. The maximum atomic E-state index is 9.57. The standard InChI is InChI=1S/C46H42N4/c1-3-16-31(17-4-1)33-24-15-25-34(32-18-5-2-6-19-32)45(33)39-30-44(49-40-26-11-7-20-35(40)36-21-8-12-27-41(36)49)48-46(47-39)50-42-28-13-9-22-37(42)38-23-10-14-29-43(38)50/h7-15,20-32H,1-6,16-19H2/i7D,8D,9D,10D,11D,12D,13D,14D,15D,20D,21D,22D,23D,24D,25D,26D,27D,28D,29D. The van der Waals surface area contributed by atoms with Gasteiger partial charge in [0.25, 0.3) is 0 Å². The molecule has 3 heterocycles. The molecule has 4 heteroatoms. The van der Waals surface area contributed by atoms with Crippen LogP contribution in [-0.2, 0) is 0 Å². The Labute approximate surface area is 320 Å². The molecule has 2 aliphatic rings. The highest BCUT2D eigenvalue weighted by atomic mass is 15.2. The Morgan fingerprint density at radius 3 is 1.34 bits per heavy atom. The predicted molar refractivity (Wildman–Crippen MR) is 208 cm³/mol. The van der Waals surface area contributed by atoms with Crippen molar-refractivity contribution in [2.75, 3.05) is 0 Å². The van der Waals surface area contributed by atoms with Crippen LogP contribution in [0.1, 0.15) is 113 Å². The van der Waals surface area contributed by atoms with E-state index in [1.165, 1.54) is 6.07 Å². The summed E-state index contributed by atoms with van der Waals surface area (Å²) in [5.74, 6) is -1.31. The summed E-state index contributed by atoms with van der Waals surface area (Å²) in [6, 6.07) is -9.75. The smallest absolute Gasteiger partial charge is 0.237 e. The maximum Gasteiger partial charge on any atom is 0.237 e. The second-order valence-electron chi connectivity index (χ2n) is 13.2. The van der Waals surface area contributed by atoms with Gasteiger partial charge in [-0.25, -0.2) is 4.98 Å². The Morgan fingerprint density at radius 1 is 0.460 bits per heavy atom. The van der Waals surface area contributed by atoms with Crippen molar-refractivity contribution < 1.29 is 26.0 Å². The van der Waals surface area contributed by atoms with Gasteiger partial charge in [0.05, 0.1) is 53.8 Å². The molecule has 5 aromatic carbocycles. The molecule has 2 saturated carbocycles. The molecular formula is C46H42N4. The van der Waals surface area contributed by atoms with Crippen LogP contribution in [0.25, 0.3) is 66.6 Å². The molecule has 0 bridgehead atoms. The average molecular weight is 670 g/mol. The third kappa shape index (κ3) is 4.80. The third-order valence-electron chi connectivity index (χ3n) is 10.4. The Balaban J connectivity index is 1.49. The molecule has 0 atom stereocenters. The van der Waals surface area contributed by atoms with E-state index in [4.69, 9.17) is 26.4 Å². The normalized spacial score (nSPS) is 21.6. The van der Waals surface area contributed by atoms with Crippen LogP contribution in [0.15, 0.2) is 121 Å². The molecule has 3 aromatic heterocycles. The van der Waals surface area contributed by atoms with Gasteiger partial charge in [-0.1, -0.05) is 129 Å². The SMILES string of the molecule is [2H]c1c([2H])c(C2CCCCC2)c(-c2cc(-n3c4c([2H])c([2H])c([2H])c([2H])c4c4c([2H])c([2H])c([2H])c([2H])c43)nc(-n3c4c([2H])c([2H])c([2H])c([2H])c4c4c([2H])c([2H])c([2H])c([2H])c43)n2)c(C2CCCCC2)c1[2H]. The van der Waals surface area contributed by atoms with Gasteiger partial charge in [-0.3, -0.25) is 9.13 Å². The molecule has 246 valence electrons. The molecule has 0 amide bonds. The first-order valence-corrected chi connectivity index (χ1v) is 17.3. The number of para-hydroxylation sites is 4. The highest BCUT2D eigenvalue weighted by molar-refractivity contribution is 6.10. The Morgan fingerprint density at radius 2 is 0.880 bits per heavy atom. The van der Waals surface area contributed by atoms with Crippen LogP contribution in [0.4, 0.5) is 0 Å². The third-order valence-corrected chi connectivity index (χ3v) is 10.4. The minimum atomic E-state index is -0.708. The zero-order valence-electron chi connectivity index (χ0n) is 46.1. The van der Waals surface area contributed by atoms with E-state index in [1.54, 1.807) is 0 Å². The second kappa shape index (κ2) is 12.3. The highest BCUT2D eigenvalue weighted by Crippen LogP contribution is 2.45. The van der Waals surface area contributed by atoms with Gasteiger partial charge >= 0.3 is 0 Å². The van der Waals surface area contributed by atoms with Gasteiger partial charge in [0.1, 0.15) is 5.82 Å². The minimum absolute atomic E-state index is 0.00601. The molecule has 0 aliphatic heterocycles.